The Morgan fingerprint density at radius 3 is 2.95 bits per heavy atom. The molecule has 1 fully saturated rings. The molecule has 0 aliphatic carbocycles. The van der Waals surface area contributed by atoms with Gasteiger partial charge in [0.15, 0.2) is 0 Å². The zero-order valence-corrected chi connectivity index (χ0v) is 12.9. The Balaban J connectivity index is 2.03. The summed E-state index contributed by atoms with van der Waals surface area (Å²) in [6.07, 6.45) is 2.38. The predicted octanol–water partition coefficient (Wildman–Crippen LogP) is 3.81. The molecule has 2 heterocycles. The SMILES string of the molecule is CC1CCCN(C(=O)N(Cc2cccs2)C(C)C)C1. The molecular formula is C15H24N2OS. The zero-order valence-electron chi connectivity index (χ0n) is 12.1. The van der Waals surface area contributed by atoms with Crippen LogP contribution in [0.5, 0.6) is 0 Å². The molecule has 106 valence electrons. The second-order valence-electron chi connectivity index (χ2n) is 5.78. The van der Waals surface area contributed by atoms with Gasteiger partial charge in [0.25, 0.3) is 0 Å². The van der Waals surface area contributed by atoms with E-state index < -0.39 is 0 Å². The summed E-state index contributed by atoms with van der Waals surface area (Å²) < 4.78 is 0. The fourth-order valence-electron chi connectivity index (χ4n) is 2.59. The number of amides is 2. The van der Waals surface area contributed by atoms with Gasteiger partial charge in [0.1, 0.15) is 0 Å². The number of likely N-dealkylation sites (tertiary alicyclic amines) is 1. The van der Waals surface area contributed by atoms with Gasteiger partial charge in [0, 0.05) is 24.0 Å². The zero-order chi connectivity index (χ0) is 13.8. The van der Waals surface area contributed by atoms with E-state index in [2.05, 4.69) is 32.2 Å². The van der Waals surface area contributed by atoms with E-state index in [1.165, 1.54) is 11.3 Å². The fourth-order valence-corrected chi connectivity index (χ4v) is 3.29. The fraction of sp³-hybridized carbons (Fsp3) is 0.667. The third-order valence-electron chi connectivity index (χ3n) is 3.70. The van der Waals surface area contributed by atoms with Gasteiger partial charge in [-0.15, -0.1) is 11.3 Å². The van der Waals surface area contributed by atoms with Gasteiger partial charge in [0.2, 0.25) is 0 Å². The van der Waals surface area contributed by atoms with Crippen LogP contribution in [0, 0.1) is 5.92 Å². The van der Waals surface area contributed by atoms with Crippen LogP contribution >= 0.6 is 11.3 Å². The van der Waals surface area contributed by atoms with Crippen LogP contribution in [0.4, 0.5) is 4.79 Å². The Bertz CT molecular complexity index is 402. The highest BCUT2D eigenvalue weighted by Gasteiger charge is 2.26. The molecule has 1 aliphatic rings. The minimum absolute atomic E-state index is 0.204. The van der Waals surface area contributed by atoms with Crippen LogP contribution in [0.3, 0.4) is 0 Å². The Morgan fingerprint density at radius 2 is 2.37 bits per heavy atom. The maximum Gasteiger partial charge on any atom is 0.320 e. The Morgan fingerprint density at radius 1 is 1.58 bits per heavy atom. The molecular weight excluding hydrogens is 256 g/mol. The molecule has 0 aromatic carbocycles. The van der Waals surface area contributed by atoms with Gasteiger partial charge in [-0.05, 0) is 44.1 Å². The lowest BCUT2D eigenvalue weighted by Gasteiger charge is -2.37. The second kappa shape index (κ2) is 6.42. The van der Waals surface area contributed by atoms with E-state index in [1.54, 1.807) is 11.3 Å². The van der Waals surface area contributed by atoms with Crippen LogP contribution in [0.15, 0.2) is 17.5 Å². The lowest BCUT2D eigenvalue weighted by Crippen LogP contribution is -2.49. The van der Waals surface area contributed by atoms with Gasteiger partial charge in [-0.25, -0.2) is 4.79 Å². The van der Waals surface area contributed by atoms with Crippen LogP contribution in [-0.2, 0) is 6.54 Å². The van der Waals surface area contributed by atoms with Gasteiger partial charge >= 0.3 is 6.03 Å². The lowest BCUT2D eigenvalue weighted by molar-refractivity contribution is 0.118. The first kappa shape index (κ1) is 14.4. The van der Waals surface area contributed by atoms with Crippen LogP contribution in [-0.4, -0.2) is 35.0 Å². The molecule has 3 nitrogen and oxygen atoms in total. The van der Waals surface area contributed by atoms with E-state index in [0.717, 1.165) is 26.1 Å². The molecule has 1 aromatic heterocycles. The average Bonchev–Trinajstić information content (AvgIpc) is 2.87. The summed E-state index contributed by atoms with van der Waals surface area (Å²) in [7, 11) is 0. The number of hydrogen-bond donors (Lipinski definition) is 0. The van der Waals surface area contributed by atoms with E-state index >= 15 is 0 Å². The second-order valence-corrected chi connectivity index (χ2v) is 6.81. The molecule has 0 spiro atoms. The van der Waals surface area contributed by atoms with Gasteiger partial charge in [-0.1, -0.05) is 13.0 Å². The monoisotopic (exact) mass is 280 g/mol. The normalized spacial score (nSPS) is 19.8. The molecule has 1 aromatic rings. The van der Waals surface area contributed by atoms with Gasteiger partial charge in [-0.3, -0.25) is 0 Å². The predicted molar refractivity (Wildman–Crippen MR) is 80.4 cm³/mol. The van der Waals surface area contributed by atoms with Crippen molar-refractivity contribution in [2.45, 2.75) is 46.2 Å². The Kier molecular flexibility index (Phi) is 4.86. The third kappa shape index (κ3) is 3.72. The van der Waals surface area contributed by atoms with Crippen molar-refractivity contribution in [2.75, 3.05) is 13.1 Å². The topological polar surface area (TPSA) is 23.6 Å². The van der Waals surface area contributed by atoms with Crippen molar-refractivity contribution in [3.8, 4) is 0 Å². The van der Waals surface area contributed by atoms with Crippen molar-refractivity contribution in [3.05, 3.63) is 22.4 Å². The van der Waals surface area contributed by atoms with Gasteiger partial charge < -0.3 is 9.80 Å². The molecule has 1 atom stereocenters. The van der Waals surface area contributed by atoms with Gasteiger partial charge in [0.05, 0.1) is 6.54 Å². The molecule has 1 aliphatic heterocycles. The van der Waals surface area contributed by atoms with E-state index in [-0.39, 0.29) is 12.1 Å². The molecule has 0 N–H and O–H groups in total. The highest BCUT2D eigenvalue weighted by molar-refractivity contribution is 7.09. The third-order valence-corrected chi connectivity index (χ3v) is 4.56. The summed E-state index contributed by atoms with van der Waals surface area (Å²) in [6.45, 7) is 8.98. The number of piperidine rings is 1. The summed E-state index contributed by atoms with van der Waals surface area (Å²) >= 11 is 1.72. The number of urea groups is 1. The molecule has 19 heavy (non-hydrogen) atoms. The first-order chi connectivity index (χ1) is 9.08. The van der Waals surface area contributed by atoms with Crippen LogP contribution in [0.2, 0.25) is 0 Å². The molecule has 0 saturated carbocycles. The number of thiophene rings is 1. The largest absolute Gasteiger partial charge is 0.324 e. The highest BCUT2D eigenvalue weighted by atomic mass is 32.1. The number of carbonyl (C=O) groups excluding carboxylic acids is 1. The minimum atomic E-state index is 0.204. The van der Waals surface area contributed by atoms with Crippen molar-refractivity contribution in [3.63, 3.8) is 0 Å². The summed E-state index contributed by atoms with van der Waals surface area (Å²) in [6, 6.07) is 4.60. The van der Waals surface area contributed by atoms with E-state index in [0.29, 0.717) is 5.92 Å². The molecule has 4 heteroatoms. The Hall–Kier alpha value is -1.03. The lowest BCUT2D eigenvalue weighted by atomic mass is 10.0. The molecule has 2 rings (SSSR count). The maximum absolute atomic E-state index is 12.7. The van der Waals surface area contributed by atoms with Crippen LogP contribution in [0.1, 0.15) is 38.5 Å². The van der Waals surface area contributed by atoms with E-state index in [9.17, 15) is 4.79 Å². The first-order valence-electron chi connectivity index (χ1n) is 7.16. The van der Waals surface area contributed by atoms with Crippen molar-refractivity contribution >= 4 is 17.4 Å². The number of nitrogens with zero attached hydrogens (tertiary/aromatic N) is 2. The first-order valence-corrected chi connectivity index (χ1v) is 8.04. The standard InChI is InChI=1S/C15H24N2OS/c1-12(2)17(11-14-7-5-9-19-14)15(18)16-8-4-6-13(3)10-16/h5,7,9,12-13H,4,6,8,10-11H2,1-3H3. The van der Waals surface area contributed by atoms with Crippen molar-refractivity contribution in [1.29, 1.82) is 0 Å². The quantitative estimate of drug-likeness (QED) is 0.826. The van der Waals surface area contributed by atoms with E-state index in [4.69, 9.17) is 0 Å². The van der Waals surface area contributed by atoms with Gasteiger partial charge in [-0.2, -0.15) is 0 Å². The summed E-state index contributed by atoms with van der Waals surface area (Å²) in [4.78, 5) is 17.9. The highest BCUT2D eigenvalue weighted by Crippen LogP contribution is 2.20. The number of rotatable bonds is 3. The number of carbonyl (C=O) groups is 1. The molecule has 1 saturated heterocycles. The molecule has 2 amide bonds. The Labute approximate surface area is 120 Å². The van der Waals surface area contributed by atoms with Crippen LogP contribution < -0.4 is 0 Å². The molecule has 1 unspecified atom stereocenters. The maximum atomic E-state index is 12.7. The summed E-state index contributed by atoms with van der Waals surface area (Å²) in [5.41, 5.74) is 0. The van der Waals surface area contributed by atoms with E-state index in [1.807, 2.05) is 15.9 Å². The number of hydrogen-bond acceptors (Lipinski definition) is 2. The average molecular weight is 280 g/mol. The minimum Gasteiger partial charge on any atom is -0.324 e. The van der Waals surface area contributed by atoms with Crippen LogP contribution in [0.25, 0.3) is 0 Å². The van der Waals surface area contributed by atoms with Crippen molar-refractivity contribution < 1.29 is 4.79 Å². The molecule has 0 radical (unpaired) electrons. The molecule has 0 bridgehead atoms. The summed E-state index contributed by atoms with van der Waals surface area (Å²) in [5, 5.41) is 2.07. The summed E-state index contributed by atoms with van der Waals surface area (Å²) in [5.74, 6) is 0.633. The van der Waals surface area contributed by atoms with Crippen molar-refractivity contribution in [1.82, 2.24) is 9.80 Å². The van der Waals surface area contributed by atoms with Crippen molar-refractivity contribution in [2.24, 2.45) is 5.92 Å². The smallest absolute Gasteiger partial charge is 0.320 e.